The molecule has 0 heterocycles. The number of hydrogen-bond donors (Lipinski definition) is 1. The van der Waals surface area contributed by atoms with Gasteiger partial charge >= 0.3 is 12.1 Å². The van der Waals surface area contributed by atoms with Crippen molar-refractivity contribution in [1.82, 2.24) is 0 Å². The number of fused-ring (bicyclic) bond motifs is 7. The molecule has 1 N–H and O–H groups in total. The molecule has 43 heavy (non-hydrogen) atoms. The Balaban J connectivity index is 1.39. The van der Waals surface area contributed by atoms with Crippen molar-refractivity contribution in [1.29, 1.82) is 0 Å². The highest BCUT2D eigenvalue weighted by Gasteiger charge is 2.79. The smallest absolute Gasteiger partial charge is 0.431 e. The van der Waals surface area contributed by atoms with Gasteiger partial charge in [0, 0.05) is 33.5 Å². The Bertz CT molecular complexity index is 1310. The normalized spacial score (nSPS) is 50.8. The predicted octanol–water partition coefficient (Wildman–Crippen LogP) is 6.13. The standard InChI is InChI=1S/C33H43F3O7/c1-17-11-20-21-13-23(35)22-12-19(37)8-10-30(22,5)32(21,36)24(38)15-31(20,6)33(17,26(39)41-16-34)43-27(40)42-25-28(2,3)18-7-9-29(25,4)14-18/h8,10,12,17-18,20-21,23-25,38H,7,9,11,13-16H2,1-6H3/t17-,18+,20+,21+,23+,24+,25+,29-,30+,31+,32+,33+/m1/s1. The maximum Gasteiger partial charge on any atom is 0.509 e. The molecule has 6 aliphatic rings. The second kappa shape index (κ2) is 9.33. The fourth-order valence-electron chi connectivity index (χ4n) is 11.2. The van der Waals surface area contributed by atoms with Gasteiger partial charge in [-0.15, -0.1) is 0 Å². The van der Waals surface area contributed by atoms with Crippen molar-refractivity contribution >= 4 is 17.9 Å². The summed E-state index contributed by atoms with van der Waals surface area (Å²) in [6.07, 6.45) is 0.924. The summed E-state index contributed by atoms with van der Waals surface area (Å²) in [6.45, 7) is 9.45. The third kappa shape index (κ3) is 3.67. The third-order valence-electron chi connectivity index (χ3n) is 13.3. The van der Waals surface area contributed by atoms with Crippen molar-refractivity contribution in [3.63, 3.8) is 0 Å². The van der Waals surface area contributed by atoms with Crippen LogP contribution in [0.1, 0.15) is 80.1 Å². The lowest BCUT2D eigenvalue weighted by Crippen LogP contribution is -2.71. The Kier molecular flexibility index (Phi) is 6.65. The van der Waals surface area contributed by atoms with Gasteiger partial charge in [-0.25, -0.2) is 22.8 Å². The highest BCUT2D eigenvalue weighted by molar-refractivity contribution is 6.01. The average molecular weight is 609 g/mol. The maximum absolute atomic E-state index is 17.6. The number of alkyl halides is 3. The van der Waals surface area contributed by atoms with Crippen LogP contribution >= 0.6 is 0 Å². The fraction of sp³-hybridized carbons (Fsp3) is 0.788. The van der Waals surface area contributed by atoms with E-state index >= 15 is 8.78 Å². The number of ketones is 1. The van der Waals surface area contributed by atoms with Crippen molar-refractivity contribution in [3.8, 4) is 0 Å². The molecule has 0 unspecified atom stereocenters. The number of ether oxygens (including phenoxy) is 3. The van der Waals surface area contributed by atoms with Gasteiger partial charge in [-0.1, -0.05) is 40.7 Å². The molecule has 0 aliphatic heterocycles. The molecule has 12 atom stereocenters. The maximum atomic E-state index is 17.6. The monoisotopic (exact) mass is 608 g/mol. The number of hydrogen-bond acceptors (Lipinski definition) is 7. The van der Waals surface area contributed by atoms with Crippen LogP contribution in [0.25, 0.3) is 0 Å². The van der Waals surface area contributed by atoms with Crippen molar-refractivity contribution in [3.05, 3.63) is 23.8 Å². The Morgan fingerprint density at radius 1 is 1.09 bits per heavy atom. The quantitative estimate of drug-likeness (QED) is 0.384. The Morgan fingerprint density at radius 3 is 2.42 bits per heavy atom. The Hall–Kier alpha value is -2.36. The van der Waals surface area contributed by atoms with E-state index < -0.39 is 83.0 Å². The minimum atomic E-state index is -2.38. The van der Waals surface area contributed by atoms with E-state index in [0.29, 0.717) is 5.92 Å². The molecule has 0 aromatic carbocycles. The topological polar surface area (TPSA) is 99.1 Å². The third-order valence-corrected chi connectivity index (χ3v) is 13.3. The van der Waals surface area contributed by atoms with Gasteiger partial charge in [0.05, 0.1) is 6.10 Å². The summed E-state index contributed by atoms with van der Waals surface area (Å²) in [7, 11) is 0. The number of halogens is 3. The molecule has 5 saturated carbocycles. The molecule has 0 spiro atoms. The molecule has 0 radical (unpaired) electrons. The molecule has 7 nitrogen and oxygen atoms in total. The van der Waals surface area contributed by atoms with Crippen LogP contribution in [0.4, 0.5) is 18.0 Å². The first-order chi connectivity index (χ1) is 19.9. The van der Waals surface area contributed by atoms with Gasteiger partial charge in [-0.2, -0.15) is 0 Å². The molecular formula is C33H43F3O7. The van der Waals surface area contributed by atoms with E-state index in [1.807, 2.05) is 13.8 Å². The van der Waals surface area contributed by atoms with Crippen LogP contribution in [-0.2, 0) is 23.8 Å². The molecule has 238 valence electrons. The largest absolute Gasteiger partial charge is 0.509 e. The number of aliphatic hydroxyl groups is 1. The van der Waals surface area contributed by atoms with E-state index in [1.165, 1.54) is 19.1 Å². The van der Waals surface area contributed by atoms with Gasteiger partial charge in [-0.05, 0) is 75.0 Å². The zero-order valence-corrected chi connectivity index (χ0v) is 25.8. The van der Waals surface area contributed by atoms with Crippen LogP contribution in [0, 0.1) is 45.3 Å². The van der Waals surface area contributed by atoms with Crippen molar-refractivity contribution in [2.24, 2.45) is 45.3 Å². The molecule has 0 amide bonds. The SMILES string of the molecule is C[C@@H]1C[C@H]2[C@@H]3C[C@H](F)C4=CC(=O)C=C[C@]4(C)[C@@]3(F)[C@@H](O)C[C@]2(C)[C@@]1(OC(=O)O[C@H]1C(C)(C)[C@H]2CC[C@]1(C)C2)C(=O)OCF. The van der Waals surface area contributed by atoms with Crippen LogP contribution in [0.3, 0.4) is 0 Å². The average Bonchev–Trinajstić information content (AvgIpc) is 3.48. The van der Waals surface area contributed by atoms with Gasteiger partial charge < -0.3 is 19.3 Å². The lowest BCUT2D eigenvalue weighted by atomic mass is 9.44. The summed E-state index contributed by atoms with van der Waals surface area (Å²) < 4.78 is 63.9. The summed E-state index contributed by atoms with van der Waals surface area (Å²) in [5.41, 5.74) is -8.15. The summed E-state index contributed by atoms with van der Waals surface area (Å²) >= 11 is 0. The molecule has 10 heteroatoms. The Morgan fingerprint density at radius 2 is 1.79 bits per heavy atom. The fourth-order valence-corrected chi connectivity index (χ4v) is 11.2. The number of allylic oxidation sites excluding steroid dienone is 4. The highest BCUT2D eigenvalue weighted by atomic mass is 19.1. The van der Waals surface area contributed by atoms with Crippen LogP contribution in [0.2, 0.25) is 0 Å². The van der Waals surface area contributed by atoms with Crippen molar-refractivity contribution < 1.29 is 46.9 Å². The lowest BCUT2D eigenvalue weighted by Gasteiger charge is -2.62. The van der Waals surface area contributed by atoms with E-state index in [1.54, 1.807) is 13.8 Å². The number of aliphatic hydroxyl groups excluding tert-OH is 1. The zero-order valence-electron chi connectivity index (χ0n) is 25.8. The van der Waals surface area contributed by atoms with Crippen molar-refractivity contribution in [2.45, 2.75) is 110 Å². The van der Waals surface area contributed by atoms with Crippen LogP contribution in [0.15, 0.2) is 23.8 Å². The number of carbonyl (C=O) groups excluding carboxylic acids is 3. The van der Waals surface area contributed by atoms with E-state index in [4.69, 9.17) is 14.2 Å². The highest BCUT2D eigenvalue weighted by Crippen LogP contribution is 2.72. The molecule has 0 aromatic heterocycles. The predicted molar refractivity (Wildman–Crippen MR) is 149 cm³/mol. The molecule has 6 aliphatic carbocycles. The van der Waals surface area contributed by atoms with E-state index in [9.17, 15) is 23.9 Å². The first-order valence-electron chi connectivity index (χ1n) is 15.5. The van der Waals surface area contributed by atoms with Crippen LogP contribution < -0.4 is 0 Å². The summed E-state index contributed by atoms with van der Waals surface area (Å²) in [6, 6.07) is 0. The molecule has 0 aromatic rings. The van der Waals surface area contributed by atoms with Crippen LogP contribution in [-0.4, -0.2) is 59.5 Å². The second-order valence-electron chi connectivity index (χ2n) is 15.5. The van der Waals surface area contributed by atoms with Crippen molar-refractivity contribution in [2.75, 3.05) is 6.86 Å². The van der Waals surface area contributed by atoms with Gasteiger partial charge in [0.1, 0.15) is 12.3 Å². The van der Waals surface area contributed by atoms with E-state index in [-0.39, 0.29) is 35.7 Å². The van der Waals surface area contributed by atoms with Crippen LogP contribution in [0.5, 0.6) is 0 Å². The molecule has 5 fully saturated rings. The second-order valence-corrected chi connectivity index (χ2v) is 15.5. The summed E-state index contributed by atoms with van der Waals surface area (Å²) in [4.78, 5) is 39.6. The van der Waals surface area contributed by atoms with Gasteiger partial charge in [-0.3, -0.25) is 4.79 Å². The number of esters is 1. The van der Waals surface area contributed by atoms with Gasteiger partial charge in [0.2, 0.25) is 12.5 Å². The zero-order chi connectivity index (χ0) is 31.5. The van der Waals surface area contributed by atoms with Gasteiger partial charge in [0.15, 0.2) is 11.5 Å². The minimum Gasteiger partial charge on any atom is -0.431 e. The van der Waals surface area contributed by atoms with E-state index in [2.05, 4.69) is 6.92 Å². The van der Waals surface area contributed by atoms with E-state index in [0.717, 1.165) is 25.3 Å². The number of carbonyl (C=O) groups is 3. The lowest BCUT2D eigenvalue weighted by molar-refractivity contribution is -0.237. The Labute approximate surface area is 250 Å². The minimum absolute atomic E-state index is 0.0163. The molecule has 0 saturated heterocycles. The first-order valence-corrected chi connectivity index (χ1v) is 15.5. The van der Waals surface area contributed by atoms with Gasteiger partial charge in [0.25, 0.3) is 0 Å². The summed E-state index contributed by atoms with van der Waals surface area (Å²) in [5, 5.41) is 11.7. The molecule has 2 bridgehead atoms. The summed E-state index contributed by atoms with van der Waals surface area (Å²) in [5.74, 6) is -3.88. The number of rotatable bonds is 4. The first kappa shape index (κ1) is 30.7. The molecular weight excluding hydrogens is 565 g/mol. The molecule has 6 rings (SSSR count).